The minimum absolute atomic E-state index is 0.0747. The number of imidazole rings is 1. The molecule has 1 amide bonds. The van der Waals surface area contributed by atoms with Crippen LogP contribution in [0.4, 0.5) is 10.1 Å². The molecule has 0 bridgehead atoms. The quantitative estimate of drug-likeness (QED) is 0.420. The molecule has 2 aromatic carbocycles. The lowest BCUT2D eigenvalue weighted by molar-refractivity contribution is 0.0950. The number of nitrogens with one attached hydrogen (secondary N) is 2. The number of pyridine rings is 1. The Bertz CT molecular complexity index is 1430. The fourth-order valence-electron chi connectivity index (χ4n) is 3.31. The standard InChI is InChI=1S/C24H22FN5O3S/c1-16-3-9-21(34(32,33)29-20-7-5-19(25)6-8-20)13-22(16)24(31)28-15-18-4-10-23(27-14-18)30-12-11-26-17(30)2/h3-14,29H,15H2,1-2H3,(H,28,31). The monoisotopic (exact) mass is 479 g/mol. The smallest absolute Gasteiger partial charge is 0.261 e. The summed E-state index contributed by atoms with van der Waals surface area (Å²) in [5.41, 5.74) is 1.87. The number of amides is 1. The summed E-state index contributed by atoms with van der Waals surface area (Å²) >= 11 is 0. The van der Waals surface area contributed by atoms with Crippen LogP contribution in [0.15, 0.2) is 78.1 Å². The van der Waals surface area contributed by atoms with Crippen LogP contribution in [-0.4, -0.2) is 28.9 Å². The van der Waals surface area contributed by atoms with Gasteiger partial charge in [0.25, 0.3) is 15.9 Å². The minimum atomic E-state index is -3.97. The number of carbonyl (C=O) groups is 1. The predicted molar refractivity (Wildman–Crippen MR) is 126 cm³/mol. The minimum Gasteiger partial charge on any atom is -0.348 e. The second-order valence-electron chi connectivity index (χ2n) is 7.64. The van der Waals surface area contributed by atoms with E-state index < -0.39 is 21.7 Å². The Labute approximate surface area is 196 Å². The third kappa shape index (κ3) is 5.12. The third-order valence-electron chi connectivity index (χ3n) is 5.20. The van der Waals surface area contributed by atoms with Gasteiger partial charge in [0.1, 0.15) is 17.5 Å². The number of aromatic nitrogens is 3. The maximum absolute atomic E-state index is 13.1. The van der Waals surface area contributed by atoms with Gasteiger partial charge >= 0.3 is 0 Å². The SMILES string of the molecule is Cc1ccc(S(=O)(=O)Nc2ccc(F)cc2)cc1C(=O)NCc1ccc(-n2ccnc2C)nc1. The highest BCUT2D eigenvalue weighted by atomic mass is 32.2. The number of nitrogens with zero attached hydrogens (tertiary/aromatic N) is 3. The van der Waals surface area contributed by atoms with Crippen molar-refractivity contribution in [3.05, 3.63) is 102 Å². The lowest BCUT2D eigenvalue weighted by Gasteiger charge is -2.12. The molecule has 0 saturated heterocycles. The Kier molecular flexibility index (Phi) is 6.42. The van der Waals surface area contributed by atoms with Crippen molar-refractivity contribution in [1.82, 2.24) is 19.9 Å². The molecular formula is C24H22FN5O3S. The van der Waals surface area contributed by atoms with Crippen LogP contribution in [0.5, 0.6) is 0 Å². The van der Waals surface area contributed by atoms with Crippen molar-refractivity contribution in [2.24, 2.45) is 0 Å². The van der Waals surface area contributed by atoms with Gasteiger partial charge in [0, 0.05) is 36.4 Å². The van der Waals surface area contributed by atoms with Gasteiger partial charge in [0.15, 0.2) is 0 Å². The molecule has 2 N–H and O–H groups in total. The van der Waals surface area contributed by atoms with Crippen molar-refractivity contribution >= 4 is 21.6 Å². The van der Waals surface area contributed by atoms with E-state index in [9.17, 15) is 17.6 Å². The normalized spacial score (nSPS) is 11.3. The maximum Gasteiger partial charge on any atom is 0.261 e. The molecule has 0 atom stereocenters. The van der Waals surface area contributed by atoms with E-state index >= 15 is 0 Å². The highest BCUT2D eigenvalue weighted by Crippen LogP contribution is 2.20. The van der Waals surface area contributed by atoms with Gasteiger partial charge in [-0.3, -0.25) is 14.1 Å². The first-order valence-corrected chi connectivity index (χ1v) is 11.8. The van der Waals surface area contributed by atoms with Crippen molar-refractivity contribution < 1.29 is 17.6 Å². The van der Waals surface area contributed by atoms with Crippen LogP contribution in [0.2, 0.25) is 0 Å². The van der Waals surface area contributed by atoms with E-state index in [1.807, 2.05) is 29.8 Å². The summed E-state index contributed by atoms with van der Waals surface area (Å²) < 4.78 is 42.8. The average Bonchev–Trinajstić information content (AvgIpc) is 3.25. The summed E-state index contributed by atoms with van der Waals surface area (Å²) in [6.45, 7) is 3.82. The lowest BCUT2D eigenvalue weighted by Crippen LogP contribution is -2.24. The molecule has 0 aliphatic heterocycles. The molecule has 174 valence electrons. The summed E-state index contributed by atoms with van der Waals surface area (Å²) in [6, 6.07) is 12.9. The van der Waals surface area contributed by atoms with Gasteiger partial charge in [-0.1, -0.05) is 12.1 Å². The first-order chi connectivity index (χ1) is 16.2. The molecule has 8 nitrogen and oxygen atoms in total. The summed E-state index contributed by atoms with van der Waals surface area (Å²) in [7, 11) is -3.97. The van der Waals surface area contributed by atoms with Crippen molar-refractivity contribution in [2.45, 2.75) is 25.3 Å². The second-order valence-corrected chi connectivity index (χ2v) is 9.32. The number of halogens is 1. The summed E-state index contributed by atoms with van der Waals surface area (Å²) in [5, 5.41) is 2.80. The van der Waals surface area contributed by atoms with Gasteiger partial charge in [0.2, 0.25) is 0 Å². The van der Waals surface area contributed by atoms with Crippen LogP contribution >= 0.6 is 0 Å². The zero-order valence-electron chi connectivity index (χ0n) is 18.5. The molecule has 0 fully saturated rings. The van der Waals surface area contributed by atoms with E-state index in [1.165, 1.54) is 24.3 Å². The molecule has 2 aromatic heterocycles. The number of anilines is 1. The number of sulfonamides is 1. The predicted octanol–water partition coefficient (Wildman–Crippen LogP) is 3.75. The van der Waals surface area contributed by atoms with Crippen molar-refractivity contribution in [3.8, 4) is 5.82 Å². The van der Waals surface area contributed by atoms with Crippen LogP contribution in [0, 0.1) is 19.7 Å². The van der Waals surface area contributed by atoms with E-state index in [2.05, 4.69) is 20.0 Å². The van der Waals surface area contributed by atoms with Gasteiger partial charge < -0.3 is 5.32 Å². The van der Waals surface area contributed by atoms with Gasteiger partial charge in [-0.15, -0.1) is 0 Å². The van der Waals surface area contributed by atoms with E-state index in [4.69, 9.17) is 0 Å². The molecule has 0 saturated carbocycles. The fraction of sp³-hybridized carbons (Fsp3) is 0.125. The number of carbonyl (C=O) groups excluding carboxylic acids is 1. The zero-order chi connectivity index (χ0) is 24.3. The Hall–Kier alpha value is -4.05. The Morgan fingerprint density at radius 1 is 1.03 bits per heavy atom. The Balaban J connectivity index is 1.46. The van der Waals surface area contributed by atoms with Gasteiger partial charge in [0.05, 0.1) is 4.90 Å². The highest BCUT2D eigenvalue weighted by molar-refractivity contribution is 7.92. The molecule has 34 heavy (non-hydrogen) atoms. The highest BCUT2D eigenvalue weighted by Gasteiger charge is 2.18. The number of hydrogen-bond acceptors (Lipinski definition) is 5. The molecule has 4 rings (SSSR count). The van der Waals surface area contributed by atoms with E-state index in [0.29, 0.717) is 11.4 Å². The molecule has 0 unspecified atom stereocenters. The van der Waals surface area contributed by atoms with E-state index in [0.717, 1.165) is 23.5 Å². The summed E-state index contributed by atoms with van der Waals surface area (Å²) in [4.78, 5) is 21.3. The molecule has 4 aromatic rings. The van der Waals surface area contributed by atoms with Crippen LogP contribution in [-0.2, 0) is 16.6 Å². The fourth-order valence-corrected chi connectivity index (χ4v) is 4.39. The van der Waals surface area contributed by atoms with Gasteiger partial charge in [-0.2, -0.15) is 0 Å². The van der Waals surface area contributed by atoms with Gasteiger partial charge in [-0.05, 0) is 67.4 Å². The van der Waals surface area contributed by atoms with Crippen LogP contribution in [0.3, 0.4) is 0 Å². The van der Waals surface area contributed by atoms with Crippen LogP contribution in [0.25, 0.3) is 5.82 Å². The van der Waals surface area contributed by atoms with Crippen molar-refractivity contribution in [1.29, 1.82) is 0 Å². The maximum atomic E-state index is 13.1. The summed E-state index contributed by atoms with van der Waals surface area (Å²) in [6.07, 6.45) is 5.17. The first-order valence-electron chi connectivity index (χ1n) is 10.4. The van der Waals surface area contributed by atoms with Crippen LogP contribution in [0.1, 0.15) is 27.3 Å². The largest absolute Gasteiger partial charge is 0.348 e. The number of rotatable bonds is 7. The molecular weight excluding hydrogens is 457 g/mol. The Morgan fingerprint density at radius 2 is 1.79 bits per heavy atom. The first kappa shape index (κ1) is 23.1. The van der Waals surface area contributed by atoms with E-state index in [-0.39, 0.29) is 22.7 Å². The molecule has 2 heterocycles. The lowest BCUT2D eigenvalue weighted by atomic mass is 10.1. The van der Waals surface area contributed by atoms with Crippen LogP contribution < -0.4 is 10.0 Å². The van der Waals surface area contributed by atoms with Gasteiger partial charge in [-0.25, -0.2) is 22.8 Å². The molecule has 0 aliphatic carbocycles. The van der Waals surface area contributed by atoms with Crippen molar-refractivity contribution in [2.75, 3.05) is 4.72 Å². The number of benzene rings is 2. The number of aryl methyl sites for hydroxylation is 2. The topological polar surface area (TPSA) is 106 Å². The third-order valence-corrected chi connectivity index (χ3v) is 6.57. The van der Waals surface area contributed by atoms with Crippen molar-refractivity contribution in [3.63, 3.8) is 0 Å². The average molecular weight is 480 g/mol. The zero-order valence-corrected chi connectivity index (χ0v) is 19.3. The molecule has 0 aliphatic rings. The molecule has 0 radical (unpaired) electrons. The summed E-state index contributed by atoms with van der Waals surface area (Å²) in [5.74, 6) is 0.644. The molecule has 0 spiro atoms. The number of hydrogen-bond donors (Lipinski definition) is 2. The molecule has 10 heteroatoms. The van der Waals surface area contributed by atoms with E-state index in [1.54, 1.807) is 25.4 Å². The second kappa shape index (κ2) is 9.44. The Morgan fingerprint density at radius 3 is 2.44 bits per heavy atom.